The number of anilines is 1. The molecule has 5 aliphatic rings. The lowest BCUT2D eigenvalue weighted by Gasteiger charge is -2.64. The van der Waals surface area contributed by atoms with Crippen LogP contribution >= 0.6 is 11.3 Å². The van der Waals surface area contributed by atoms with E-state index in [1.54, 1.807) is 16.0 Å². The van der Waals surface area contributed by atoms with E-state index in [2.05, 4.69) is 66.1 Å². The van der Waals surface area contributed by atoms with E-state index in [0.29, 0.717) is 6.04 Å². The Morgan fingerprint density at radius 1 is 0.966 bits per heavy atom. The molecule has 1 aromatic carbocycles. The van der Waals surface area contributed by atoms with Gasteiger partial charge in [-0.25, -0.2) is 0 Å². The van der Waals surface area contributed by atoms with Gasteiger partial charge in [-0.3, -0.25) is 0 Å². The molecule has 4 bridgehead atoms. The fraction of sp³-hybridized carbons (Fsp3) is 0.538. The molecule has 3 aromatic rings. The van der Waals surface area contributed by atoms with Crippen LogP contribution in [0.25, 0.3) is 10.2 Å². The molecule has 0 N–H and O–H groups in total. The summed E-state index contributed by atoms with van der Waals surface area (Å²) in [5, 5.41) is 2.32. The van der Waals surface area contributed by atoms with E-state index in [4.69, 9.17) is 0 Å². The molecule has 2 aromatic heterocycles. The second kappa shape index (κ2) is 5.49. The summed E-state index contributed by atoms with van der Waals surface area (Å²) in [6, 6.07) is 12.0. The molecule has 1 atom stereocenters. The molecule has 3 heterocycles. The zero-order valence-electron chi connectivity index (χ0n) is 17.7. The smallest absolute Gasteiger partial charge is 0.0749 e. The fourth-order valence-corrected chi connectivity index (χ4v) is 9.60. The Morgan fingerprint density at radius 2 is 1.66 bits per heavy atom. The SMILES string of the molecule is Cc1ccccc1N1C(C)c2c(c3sccc3n2C)C12C1CC3CC(C1)CC2C3. The van der Waals surface area contributed by atoms with Gasteiger partial charge in [-0.2, -0.15) is 0 Å². The summed E-state index contributed by atoms with van der Waals surface area (Å²) in [4.78, 5) is 2.93. The lowest BCUT2D eigenvalue weighted by molar-refractivity contribution is -0.0595. The lowest BCUT2D eigenvalue weighted by Crippen LogP contribution is -2.62. The number of benzene rings is 1. The van der Waals surface area contributed by atoms with E-state index in [0.717, 1.165) is 23.7 Å². The second-order valence-electron chi connectivity index (χ2n) is 10.4. The molecule has 2 nitrogen and oxygen atoms in total. The van der Waals surface area contributed by atoms with Crippen molar-refractivity contribution in [2.45, 2.75) is 57.5 Å². The molecule has 1 unspecified atom stereocenters. The largest absolute Gasteiger partial charge is 0.353 e. The number of hydrogen-bond acceptors (Lipinski definition) is 2. The number of hydrogen-bond donors (Lipinski definition) is 0. The Balaban J connectivity index is 1.57. The topological polar surface area (TPSA) is 8.17 Å². The summed E-state index contributed by atoms with van der Waals surface area (Å²) in [6.45, 7) is 4.80. The van der Waals surface area contributed by atoms with Crippen LogP contribution in [0.5, 0.6) is 0 Å². The maximum Gasteiger partial charge on any atom is 0.0749 e. The van der Waals surface area contributed by atoms with Gasteiger partial charge < -0.3 is 9.47 Å². The summed E-state index contributed by atoms with van der Waals surface area (Å²) >= 11 is 1.99. The molecule has 1 aliphatic heterocycles. The van der Waals surface area contributed by atoms with E-state index < -0.39 is 0 Å². The summed E-state index contributed by atoms with van der Waals surface area (Å²) < 4.78 is 4.12. The Kier molecular flexibility index (Phi) is 3.22. The second-order valence-corrected chi connectivity index (χ2v) is 11.3. The minimum absolute atomic E-state index is 0.207. The first-order valence-corrected chi connectivity index (χ1v) is 12.4. The number of rotatable bonds is 1. The van der Waals surface area contributed by atoms with Crippen molar-refractivity contribution in [2.24, 2.45) is 30.7 Å². The molecule has 4 saturated carbocycles. The van der Waals surface area contributed by atoms with Crippen LogP contribution < -0.4 is 4.90 Å². The molecular formula is C26H30N2S. The zero-order chi connectivity index (χ0) is 19.5. The van der Waals surface area contributed by atoms with Crippen LogP contribution in [-0.2, 0) is 12.6 Å². The average molecular weight is 403 g/mol. The van der Waals surface area contributed by atoms with Crippen molar-refractivity contribution in [1.82, 2.24) is 4.57 Å². The zero-order valence-corrected chi connectivity index (χ0v) is 18.5. The van der Waals surface area contributed by atoms with Crippen LogP contribution in [0, 0.1) is 30.6 Å². The molecule has 29 heavy (non-hydrogen) atoms. The van der Waals surface area contributed by atoms with E-state index in [1.807, 2.05) is 11.3 Å². The molecule has 150 valence electrons. The first-order valence-electron chi connectivity index (χ1n) is 11.5. The van der Waals surface area contributed by atoms with Gasteiger partial charge in [0.15, 0.2) is 0 Å². The van der Waals surface area contributed by atoms with Gasteiger partial charge in [0.2, 0.25) is 0 Å². The Labute approximate surface area is 177 Å². The highest BCUT2D eigenvalue weighted by molar-refractivity contribution is 7.17. The van der Waals surface area contributed by atoms with Crippen molar-refractivity contribution in [3.8, 4) is 0 Å². The third-order valence-electron chi connectivity index (χ3n) is 9.19. The van der Waals surface area contributed by atoms with Crippen LogP contribution in [0.1, 0.15) is 61.9 Å². The summed E-state index contributed by atoms with van der Waals surface area (Å²) in [5.41, 5.74) is 7.91. The standard InChI is InChI=1S/C26H30N2S/c1-15-6-4-5-7-21(15)28-16(2)24-23(25-22(27(24)3)8-9-29-25)26(28)19-11-17-10-18(13-19)14-20(26)12-17/h4-9,16-20H,10-14H2,1-3H3. The number of thiophene rings is 1. The molecule has 4 aliphatic carbocycles. The maximum atomic E-state index is 2.93. The number of para-hydroxylation sites is 1. The fourth-order valence-electron chi connectivity index (χ4n) is 8.55. The molecule has 0 saturated heterocycles. The molecule has 3 heteroatoms. The first-order chi connectivity index (χ1) is 14.1. The monoisotopic (exact) mass is 402 g/mol. The third kappa shape index (κ3) is 1.86. The number of aryl methyl sites for hydroxylation is 2. The van der Waals surface area contributed by atoms with Gasteiger partial charge in [0, 0.05) is 24.0 Å². The average Bonchev–Trinajstić information content (AvgIpc) is 3.34. The van der Waals surface area contributed by atoms with Gasteiger partial charge in [-0.15, -0.1) is 11.3 Å². The molecule has 0 radical (unpaired) electrons. The van der Waals surface area contributed by atoms with E-state index in [9.17, 15) is 0 Å². The summed E-state index contributed by atoms with van der Waals surface area (Å²) in [5.74, 6) is 3.61. The van der Waals surface area contributed by atoms with Crippen molar-refractivity contribution >= 4 is 27.2 Å². The lowest BCUT2D eigenvalue weighted by atomic mass is 9.47. The van der Waals surface area contributed by atoms with E-state index >= 15 is 0 Å². The molecular weight excluding hydrogens is 372 g/mol. The highest BCUT2D eigenvalue weighted by Gasteiger charge is 2.66. The highest BCUT2D eigenvalue weighted by Crippen LogP contribution is 2.70. The van der Waals surface area contributed by atoms with E-state index in [1.165, 1.54) is 48.9 Å². The highest BCUT2D eigenvalue weighted by atomic mass is 32.1. The van der Waals surface area contributed by atoms with Gasteiger partial charge in [0.1, 0.15) is 0 Å². The first kappa shape index (κ1) is 17.0. The van der Waals surface area contributed by atoms with Crippen molar-refractivity contribution in [2.75, 3.05) is 4.90 Å². The summed E-state index contributed by atoms with van der Waals surface area (Å²) in [7, 11) is 2.31. The van der Waals surface area contributed by atoms with E-state index in [-0.39, 0.29) is 5.54 Å². The Bertz CT molecular complexity index is 1110. The van der Waals surface area contributed by atoms with Crippen LogP contribution in [-0.4, -0.2) is 4.57 Å². The van der Waals surface area contributed by atoms with Crippen LogP contribution in [0.2, 0.25) is 0 Å². The number of aromatic nitrogens is 1. The van der Waals surface area contributed by atoms with Crippen molar-refractivity contribution in [3.05, 3.63) is 52.5 Å². The molecule has 8 rings (SSSR count). The predicted molar refractivity (Wildman–Crippen MR) is 122 cm³/mol. The number of fused-ring (bicyclic) bond motifs is 3. The number of nitrogens with zero attached hydrogens (tertiary/aromatic N) is 2. The van der Waals surface area contributed by atoms with Gasteiger partial charge in [0.25, 0.3) is 0 Å². The Hall–Kier alpha value is -1.74. The van der Waals surface area contributed by atoms with Gasteiger partial charge in [-0.05, 0) is 92.7 Å². The summed E-state index contributed by atoms with van der Waals surface area (Å²) in [6.07, 6.45) is 7.30. The minimum atomic E-state index is 0.207. The quantitative estimate of drug-likeness (QED) is 0.435. The van der Waals surface area contributed by atoms with Crippen molar-refractivity contribution in [3.63, 3.8) is 0 Å². The van der Waals surface area contributed by atoms with Crippen molar-refractivity contribution in [1.29, 1.82) is 0 Å². The van der Waals surface area contributed by atoms with Crippen LogP contribution in [0.15, 0.2) is 35.7 Å². The van der Waals surface area contributed by atoms with Crippen LogP contribution in [0.3, 0.4) is 0 Å². The molecule has 1 spiro atoms. The van der Waals surface area contributed by atoms with Gasteiger partial charge in [0.05, 0.1) is 21.8 Å². The predicted octanol–water partition coefficient (Wildman–Crippen LogP) is 6.78. The van der Waals surface area contributed by atoms with Crippen molar-refractivity contribution < 1.29 is 0 Å². The van der Waals surface area contributed by atoms with Gasteiger partial charge >= 0.3 is 0 Å². The molecule has 4 fully saturated rings. The van der Waals surface area contributed by atoms with Crippen LogP contribution in [0.4, 0.5) is 5.69 Å². The third-order valence-corrected chi connectivity index (χ3v) is 10.1. The Morgan fingerprint density at radius 3 is 2.34 bits per heavy atom. The minimum Gasteiger partial charge on any atom is -0.353 e. The maximum absolute atomic E-state index is 2.93. The van der Waals surface area contributed by atoms with Gasteiger partial charge in [-0.1, -0.05) is 18.2 Å². The normalized spacial score (nSPS) is 37.2. The molecule has 0 amide bonds.